The molecule has 0 saturated carbocycles. The van der Waals surface area contributed by atoms with Crippen molar-refractivity contribution in [2.24, 2.45) is 5.92 Å². The van der Waals surface area contributed by atoms with Crippen LogP contribution in [0.1, 0.15) is 23.8 Å². The summed E-state index contributed by atoms with van der Waals surface area (Å²) in [7, 11) is 0. The maximum Gasteiger partial charge on any atom is 0.279 e. The molecule has 128 valence electrons. The summed E-state index contributed by atoms with van der Waals surface area (Å²) in [5.41, 5.74) is 1.58. The summed E-state index contributed by atoms with van der Waals surface area (Å²) < 4.78 is 1.16. The molecule has 2 heterocycles. The molecule has 0 bridgehead atoms. The van der Waals surface area contributed by atoms with Gasteiger partial charge in [-0.15, -0.1) is 16.4 Å². The van der Waals surface area contributed by atoms with E-state index in [1.54, 1.807) is 23.5 Å². The molecule has 1 aliphatic carbocycles. The van der Waals surface area contributed by atoms with Gasteiger partial charge in [0, 0.05) is 10.6 Å². The number of carbonyl (C=O) groups is 1. The predicted molar refractivity (Wildman–Crippen MR) is 97.9 cm³/mol. The van der Waals surface area contributed by atoms with Crippen LogP contribution >= 0.6 is 11.3 Å². The van der Waals surface area contributed by atoms with Crippen LogP contribution in [0, 0.1) is 5.92 Å². The zero-order chi connectivity index (χ0) is 17.4. The molecule has 1 aromatic carbocycles. The van der Waals surface area contributed by atoms with E-state index in [0.717, 1.165) is 29.5 Å². The monoisotopic (exact) mass is 354 g/mol. The first-order valence-corrected chi connectivity index (χ1v) is 9.16. The Morgan fingerprint density at radius 2 is 2.16 bits per heavy atom. The molecule has 4 rings (SSSR count). The Hall–Kier alpha value is -2.54. The van der Waals surface area contributed by atoms with Crippen molar-refractivity contribution in [3.63, 3.8) is 0 Å². The van der Waals surface area contributed by atoms with Crippen LogP contribution in [0.4, 0.5) is 5.69 Å². The number of nitrogens with one attached hydrogen (secondary N) is 1. The fourth-order valence-corrected chi connectivity index (χ4v) is 4.57. The van der Waals surface area contributed by atoms with Gasteiger partial charge >= 0.3 is 0 Å². The maximum absolute atomic E-state index is 12.8. The number of anilines is 1. The van der Waals surface area contributed by atoms with E-state index >= 15 is 0 Å². The Morgan fingerprint density at radius 3 is 2.96 bits per heavy atom. The van der Waals surface area contributed by atoms with Crippen LogP contribution in [-0.4, -0.2) is 20.9 Å². The van der Waals surface area contributed by atoms with Crippen LogP contribution in [0.3, 0.4) is 0 Å². The maximum atomic E-state index is 12.8. The van der Waals surface area contributed by atoms with E-state index in [0.29, 0.717) is 21.8 Å². The number of hydrogen-bond donors (Lipinski definition) is 1. The van der Waals surface area contributed by atoms with Crippen LogP contribution < -0.4 is 10.9 Å². The Balaban J connectivity index is 1.63. The second-order valence-electron chi connectivity index (χ2n) is 6.50. The number of fused-ring (bicyclic) bond motifs is 3. The summed E-state index contributed by atoms with van der Waals surface area (Å²) in [5.74, 6) is 0.340. The Morgan fingerprint density at radius 1 is 1.36 bits per heavy atom. The summed E-state index contributed by atoms with van der Waals surface area (Å²) >= 11 is 1.56. The van der Waals surface area contributed by atoms with Gasteiger partial charge in [-0.2, -0.15) is 0 Å². The second-order valence-corrected chi connectivity index (χ2v) is 7.58. The van der Waals surface area contributed by atoms with Gasteiger partial charge in [0.15, 0.2) is 4.83 Å². The van der Waals surface area contributed by atoms with E-state index in [1.165, 1.54) is 4.88 Å². The van der Waals surface area contributed by atoms with Gasteiger partial charge in [-0.25, -0.2) is 4.68 Å². The average Bonchev–Trinajstić information content (AvgIpc) is 2.96. The molecule has 2 aromatic heterocycles. The molecular formula is C18H18N4O2S. The highest BCUT2D eigenvalue weighted by Gasteiger charge is 2.24. The number of nitrogens with zero attached hydrogens (tertiary/aromatic N) is 3. The van der Waals surface area contributed by atoms with Crippen molar-refractivity contribution in [2.45, 2.75) is 32.7 Å². The SMILES string of the molecule is CC1CCc2c(sc3nnn(CC(=O)Nc4ccccc4)c(=O)c23)C1. The van der Waals surface area contributed by atoms with E-state index in [4.69, 9.17) is 0 Å². The predicted octanol–water partition coefficient (Wildman–Crippen LogP) is 2.62. The highest BCUT2D eigenvalue weighted by atomic mass is 32.1. The summed E-state index contributed by atoms with van der Waals surface area (Å²) in [6.45, 7) is 2.09. The number of para-hydroxylation sites is 1. The first-order chi connectivity index (χ1) is 12.1. The molecule has 6 nitrogen and oxygen atoms in total. The Kier molecular flexibility index (Phi) is 4.09. The van der Waals surface area contributed by atoms with Crippen molar-refractivity contribution in [1.82, 2.24) is 15.0 Å². The summed E-state index contributed by atoms with van der Waals surface area (Å²) in [6.07, 6.45) is 2.97. The molecule has 1 amide bonds. The van der Waals surface area contributed by atoms with Crippen LogP contribution in [0.15, 0.2) is 35.1 Å². The van der Waals surface area contributed by atoms with Gasteiger partial charge in [-0.05, 0) is 42.9 Å². The van der Waals surface area contributed by atoms with Crippen LogP contribution in [-0.2, 0) is 24.2 Å². The summed E-state index contributed by atoms with van der Waals surface area (Å²) in [5, 5.41) is 11.5. The average molecular weight is 354 g/mol. The van der Waals surface area contributed by atoms with Crippen molar-refractivity contribution in [1.29, 1.82) is 0 Å². The quantitative estimate of drug-likeness (QED) is 0.784. The third kappa shape index (κ3) is 3.07. The molecule has 0 saturated heterocycles. The molecule has 1 aliphatic rings. The van der Waals surface area contributed by atoms with Gasteiger partial charge in [0.2, 0.25) is 5.91 Å². The molecule has 25 heavy (non-hydrogen) atoms. The summed E-state index contributed by atoms with van der Waals surface area (Å²) in [4.78, 5) is 26.9. The zero-order valence-electron chi connectivity index (χ0n) is 13.9. The topological polar surface area (TPSA) is 76.9 Å². The smallest absolute Gasteiger partial charge is 0.279 e. The number of aryl methyl sites for hydroxylation is 1. The first kappa shape index (κ1) is 16.0. The van der Waals surface area contributed by atoms with Crippen molar-refractivity contribution in [3.8, 4) is 0 Å². The summed E-state index contributed by atoms with van der Waals surface area (Å²) in [6, 6.07) is 9.15. The molecule has 0 radical (unpaired) electrons. The lowest BCUT2D eigenvalue weighted by molar-refractivity contribution is -0.117. The lowest BCUT2D eigenvalue weighted by Crippen LogP contribution is -2.30. The molecule has 3 aromatic rings. The molecule has 7 heteroatoms. The van der Waals surface area contributed by atoms with Gasteiger partial charge in [-0.3, -0.25) is 9.59 Å². The number of benzene rings is 1. The first-order valence-electron chi connectivity index (χ1n) is 8.35. The van der Waals surface area contributed by atoms with Crippen LogP contribution in [0.2, 0.25) is 0 Å². The minimum absolute atomic E-state index is 0.141. The highest BCUT2D eigenvalue weighted by Crippen LogP contribution is 2.35. The van der Waals surface area contributed by atoms with E-state index in [9.17, 15) is 9.59 Å². The van der Waals surface area contributed by atoms with E-state index in [1.807, 2.05) is 18.2 Å². The largest absolute Gasteiger partial charge is 0.324 e. The minimum Gasteiger partial charge on any atom is -0.324 e. The van der Waals surface area contributed by atoms with E-state index in [2.05, 4.69) is 22.6 Å². The van der Waals surface area contributed by atoms with Crippen LogP contribution in [0.25, 0.3) is 10.2 Å². The fraction of sp³-hybridized carbons (Fsp3) is 0.333. The number of hydrogen-bond acceptors (Lipinski definition) is 5. The van der Waals surface area contributed by atoms with E-state index < -0.39 is 0 Å². The number of carbonyl (C=O) groups excluding carboxylic acids is 1. The Labute approximate surface area is 148 Å². The standard InChI is InChI=1S/C18H18N4O2S/c1-11-7-8-13-14(9-11)25-17-16(13)18(24)22(21-20-17)10-15(23)19-12-5-3-2-4-6-12/h2-6,11H,7-10H2,1H3,(H,19,23). The van der Waals surface area contributed by atoms with Crippen molar-refractivity contribution in [2.75, 3.05) is 5.32 Å². The molecule has 0 aliphatic heterocycles. The molecule has 1 unspecified atom stereocenters. The second kappa shape index (κ2) is 6.40. The normalized spacial score (nSPS) is 16.6. The van der Waals surface area contributed by atoms with Gasteiger partial charge in [0.1, 0.15) is 6.54 Å². The van der Waals surface area contributed by atoms with Crippen molar-refractivity contribution in [3.05, 3.63) is 51.1 Å². The number of aromatic nitrogens is 3. The molecule has 0 spiro atoms. The molecular weight excluding hydrogens is 336 g/mol. The highest BCUT2D eigenvalue weighted by molar-refractivity contribution is 7.18. The number of thiophene rings is 1. The van der Waals surface area contributed by atoms with Gasteiger partial charge in [0.25, 0.3) is 5.56 Å². The zero-order valence-corrected chi connectivity index (χ0v) is 14.7. The number of amides is 1. The van der Waals surface area contributed by atoms with Crippen LogP contribution in [0.5, 0.6) is 0 Å². The third-order valence-electron chi connectivity index (χ3n) is 4.54. The van der Waals surface area contributed by atoms with Gasteiger partial charge in [-0.1, -0.05) is 30.3 Å². The molecule has 0 fully saturated rings. The van der Waals surface area contributed by atoms with E-state index in [-0.39, 0.29) is 18.0 Å². The molecule has 1 atom stereocenters. The fourth-order valence-electron chi connectivity index (χ4n) is 3.25. The lowest BCUT2D eigenvalue weighted by atomic mass is 9.89. The number of rotatable bonds is 3. The van der Waals surface area contributed by atoms with Crippen molar-refractivity contribution >= 4 is 33.1 Å². The van der Waals surface area contributed by atoms with Gasteiger partial charge < -0.3 is 5.32 Å². The van der Waals surface area contributed by atoms with Crippen molar-refractivity contribution < 1.29 is 4.79 Å². The third-order valence-corrected chi connectivity index (χ3v) is 5.67. The lowest BCUT2D eigenvalue weighted by Gasteiger charge is -2.17. The minimum atomic E-state index is -0.292. The Bertz CT molecular complexity index is 993. The van der Waals surface area contributed by atoms with Gasteiger partial charge in [0.05, 0.1) is 5.39 Å². The molecule has 1 N–H and O–H groups in total.